The van der Waals surface area contributed by atoms with E-state index in [4.69, 9.17) is 9.98 Å². The Labute approximate surface area is 220 Å². The van der Waals surface area contributed by atoms with E-state index in [1.807, 2.05) is 36.4 Å². The number of hydrogen-bond donors (Lipinski definition) is 2. The highest BCUT2D eigenvalue weighted by molar-refractivity contribution is 8.20. The van der Waals surface area contributed by atoms with E-state index >= 15 is 0 Å². The van der Waals surface area contributed by atoms with Crippen LogP contribution in [-0.4, -0.2) is 20.1 Å². The van der Waals surface area contributed by atoms with Gasteiger partial charge in [-0.25, -0.2) is 9.98 Å². The summed E-state index contributed by atoms with van der Waals surface area (Å²) < 4.78 is 0. The first-order chi connectivity index (χ1) is 17.7. The Morgan fingerprint density at radius 3 is 1.17 bits per heavy atom. The first-order valence-corrected chi connectivity index (χ1v) is 13.7. The monoisotopic (exact) mass is 506 g/mol. The molecule has 0 bridgehead atoms. The van der Waals surface area contributed by atoms with Gasteiger partial charge >= 0.3 is 0 Å². The molecule has 2 unspecified atom stereocenters. The molecule has 0 spiro atoms. The van der Waals surface area contributed by atoms with E-state index in [1.165, 1.54) is 11.1 Å². The summed E-state index contributed by atoms with van der Waals surface area (Å²) in [4.78, 5) is 9.31. The molecule has 4 aromatic rings. The summed E-state index contributed by atoms with van der Waals surface area (Å²) in [5.41, 5.74) is 4.52. The van der Waals surface area contributed by atoms with E-state index in [0.717, 1.165) is 34.3 Å². The highest BCUT2D eigenvalue weighted by Gasteiger charge is 2.63. The van der Waals surface area contributed by atoms with Crippen molar-refractivity contribution in [2.75, 3.05) is 10.6 Å². The molecule has 2 heterocycles. The number of anilines is 2. The van der Waals surface area contributed by atoms with Crippen LogP contribution in [0.15, 0.2) is 131 Å². The van der Waals surface area contributed by atoms with Gasteiger partial charge in [0.25, 0.3) is 0 Å². The van der Waals surface area contributed by atoms with Gasteiger partial charge in [-0.1, -0.05) is 121 Å². The Bertz CT molecular complexity index is 1270. The van der Waals surface area contributed by atoms with Gasteiger partial charge in [0.05, 0.1) is 10.1 Å². The number of rotatable bonds is 8. The largest absolute Gasteiger partial charge is 0.348 e. The Kier molecular flexibility index (Phi) is 6.30. The Morgan fingerprint density at radius 2 is 0.806 bits per heavy atom. The van der Waals surface area contributed by atoms with Crippen molar-refractivity contribution in [3.63, 3.8) is 0 Å². The molecule has 6 rings (SSSR count). The van der Waals surface area contributed by atoms with Crippen molar-refractivity contribution < 1.29 is 0 Å². The SMILES string of the molecule is c1ccc(CC2=NC3(Nc4ccccc4)SC(Cc4ccccc4)=NC3(Nc3ccccc3)S2)cc1. The Morgan fingerprint density at radius 1 is 0.472 bits per heavy atom. The third-order valence-corrected chi connectivity index (χ3v) is 8.77. The summed E-state index contributed by atoms with van der Waals surface area (Å²) in [6, 6.07) is 41.7. The summed E-state index contributed by atoms with van der Waals surface area (Å²) >= 11 is 3.44. The van der Waals surface area contributed by atoms with Gasteiger partial charge < -0.3 is 10.6 Å². The summed E-state index contributed by atoms with van der Waals surface area (Å²) in [7, 11) is 0. The number of thioether (sulfide) groups is 2. The van der Waals surface area contributed by atoms with Crippen LogP contribution in [0.4, 0.5) is 11.4 Å². The maximum absolute atomic E-state index is 5.39. The number of nitrogens with zero attached hydrogens (tertiary/aromatic N) is 2. The lowest BCUT2D eigenvalue weighted by Crippen LogP contribution is -2.52. The van der Waals surface area contributed by atoms with Crippen molar-refractivity contribution >= 4 is 45.0 Å². The second kappa shape index (κ2) is 9.88. The molecule has 2 aliphatic heterocycles. The summed E-state index contributed by atoms with van der Waals surface area (Å²) in [6.45, 7) is 0. The minimum Gasteiger partial charge on any atom is -0.348 e. The normalized spacial score (nSPS) is 22.4. The molecule has 178 valence electrons. The van der Waals surface area contributed by atoms with E-state index in [1.54, 1.807) is 23.5 Å². The molecule has 0 fully saturated rings. The van der Waals surface area contributed by atoms with Crippen LogP contribution in [0.5, 0.6) is 0 Å². The molecule has 6 heteroatoms. The molecule has 36 heavy (non-hydrogen) atoms. The average Bonchev–Trinajstić information content (AvgIpc) is 3.32. The number of fused-ring (bicyclic) bond motifs is 1. The zero-order chi connectivity index (χ0) is 24.3. The van der Waals surface area contributed by atoms with E-state index in [2.05, 4.69) is 95.6 Å². The molecule has 0 saturated heterocycles. The maximum atomic E-state index is 5.39. The van der Waals surface area contributed by atoms with Gasteiger partial charge in [-0.2, -0.15) is 0 Å². The minimum absolute atomic E-state index is 0.733. The van der Waals surface area contributed by atoms with Crippen LogP contribution in [0, 0.1) is 0 Å². The lowest BCUT2D eigenvalue weighted by molar-refractivity contribution is 0.562. The summed E-state index contributed by atoms with van der Waals surface area (Å²) in [6.07, 6.45) is 1.54. The quantitative estimate of drug-likeness (QED) is 0.263. The second-order valence-corrected chi connectivity index (χ2v) is 11.3. The van der Waals surface area contributed by atoms with Gasteiger partial charge in [-0.15, -0.1) is 0 Å². The van der Waals surface area contributed by atoms with Gasteiger partial charge in [0.2, 0.25) is 9.99 Å². The number of nitrogens with one attached hydrogen (secondary N) is 2. The molecule has 0 amide bonds. The zero-order valence-corrected chi connectivity index (χ0v) is 21.3. The molecule has 4 aromatic carbocycles. The lowest BCUT2D eigenvalue weighted by Gasteiger charge is -2.37. The van der Waals surface area contributed by atoms with Crippen LogP contribution >= 0.6 is 23.5 Å². The lowest BCUT2D eigenvalue weighted by atomic mass is 10.2. The maximum Gasteiger partial charge on any atom is 0.238 e. The van der Waals surface area contributed by atoms with E-state index in [0.29, 0.717) is 0 Å². The van der Waals surface area contributed by atoms with Gasteiger partial charge in [-0.3, -0.25) is 0 Å². The predicted molar refractivity (Wildman–Crippen MR) is 156 cm³/mol. The van der Waals surface area contributed by atoms with Crippen LogP contribution in [0.1, 0.15) is 11.1 Å². The van der Waals surface area contributed by atoms with E-state index in [-0.39, 0.29) is 0 Å². The Balaban J connectivity index is 1.42. The molecule has 2 aliphatic rings. The topological polar surface area (TPSA) is 48.8 Å². The third-order valence-electron chi connectivity index (χ3n) is 6.13. The van der Waals surface area contributed by atoms with Crippen LogP contribution in [-0.2, 0) is 12.8 Å². The fraction of sp³-hybridized carbons (Fsp3) is 0.133. The molecular formula is C30H26N4S2. The summed E-state index contributed by atoms with van der Waals surface area (Å²) in [5, 5.41) is 9.69. The Hall–Kier alpha value is -3.48. The molecule has 4 nitrogen and oxygen atoms in total. The molecule has 2 N–H and O–H groups in total. The van der Waals surface area contributed by atoms with Crippen molar-refractivity contribution in [2.45, 2.75) is 22.8 Å². The standard InChI is InChI=1S/C30H26N4S2/c1-5-13-23(14-6-1)21-27-33-29(31-25-17-9-3-10-18-25)30(35-27,32-26-19-11-4-12-20-26)34-28(36-29)22-24-15-7-2-8-16-24/h1-20,31-32H,21-22H2. The molecule has 0 radical (unpaired) electrons. The number of benzene rings is 4. The van der Waals surface area contributed by atoms with Crippen molar-refractivity contribution in [3.05, 3.63) is 132 Å². The minimum atomic E-state index is -0.733. The van der Waals surface area contributed by atoms with Crippen LogP contribution in [0.2, 0.25) is 0 Å². The number of hydrogen-bond acceptors (Lipinski definition) is 6. The van der Waals surface area contributed by atoms with Crippen molar-refractivity contribution in [3.8, 4) is 0 Å². The molecule has 0 aromatic heterocycles. The van der Waals surface area contributed by atoms with Gasteiger partial charge in [0.15, 0.2) is 0 Å². The van der Waals surface area contributed by atoms with Crippen molar-refractivity contribution in [2.24, 2.45) is 9.98 Å². The first kappa shape index (κ1) is 23.0. The third kappa shape index (κ3) is 4.66. The highest BCUT2D eigenvalue weighted by Crippen LogP contribution is 2.58. The van der Waals surface area contributed by atoms with Gasteiger partial charge in [0, 0.05) is 24.2 Å². The summed E-state index contributed by atoms with van der Waals surface area (Å²) in [5.74, 6) is 0. The predicted octanol–water partition coefficient (Wildman–Crippen LogP) is 7.29. The van der Waals surface area contributed by atoms with Crippen LogP contribution in [0.3, 0.4) is 0 Å². The smallest absolute Gasteiger partial charge is 0.238 e. The molecule has 2 atom stereocenters. The van der Waals surface area contributed by atoms with Crippen LogP contribution < -0.4 is 10.6 Å². The van der Waals surface area contributed by atoms with Gasteiger partial charge in [0.1, 0.15) is 0 Å². The van der Waals surface area contributed by atoms with Crippen LogP contribution in [0.25, 0.3) is 0 Å². The fourth-order valence-corrected chi connectivity index (χ4v) is 7.49. The first-order valence-electron chi connectivity index (χ1n) is 12.0. The zero-order valence-electron chi connectivity index (χ0n) is 19.7. The van der Waals surface area contributed by atoms with Crippen molar-refractivity contribution in [1.29, 1.82) is 0 Å². The second-order valence-electron chi connectivity index (χ2n) is 8.81. The van der Waals surface area contributed by atoms with Crippen molar-refractivity contribution in [1.82, 2.24) is 0 Å². The molecular weight excluding hydrogens is 480 g/mol. The molecule has 0 aliphatic carbocycles. The van der Waals surface area contributed by atoms with E-state index < -0.39 is 9.99 Å². The van der Waals surface area contributed by atoms with Gasteiger partial charge in [-0.05, 0) is 35.4 Å². The molecule has 0 saturated carbocycles. The number of aliphatic imine (C=N–C) groups is 2. The highest BCUT2D eigenvalue weighted by atomic mass is 32.2. The number of para-hydroxylation sites is 2. The fourth-order valence-electron chi connectivity index (χ4n) is 4.48. The van der Waals surface area contributed by atoms with E-state index in [9.17, 15) is 0 Å². The average molecular weight is 507 g/mol.